The van der Waals surface area contributed by atoms with Gasteiger partial charge < -0.3 is 10.1 Å². The molecule has 0 atom stereocenters. The van der Waals surface area contributed by atoms with Gasteiger partial charge in [0.05, 0.1) is 0 Å². The molecule has 0 bridgehead atoms. The summed E-state index contributed by atoms with van der Waals surface area (Å²) in [6.45, 7) is 3.32. The molecule has 0 aliphatic heterocycles. The molecule has 0 radical (unpaired) electrons. The molecule has 0 saturated heterocycles. The Bertz CT molecular complexity index is 395. The van der Waals surface area contributed by atoms with Gasteiger partial charge in [-0.1, -0.05) is 0 Å². The molecular weight excluding hydrogens is 172 g/mol. The molecule has 13 heavy (non-hydrogen) atoms. The standard InChI is InChI=1S/C8H10N2O3/c1-4-5(2)9-6(3-7(11)12)10-8(4)13/h3H2,1-2H3,(H,11,12)(H,9,10,13). The Kier molecular flexibility index (Phi) is 2.46. The van der Waals surface area contributed by atoms with Crippen LogP contribution in [-0.4, -0.2) is 21.0 Å². The summed E-state index contributed by atoms with van der Waals surface area (Å²) in [6.07, 6.45) is -0.254. The fraction of sp³-hybridized carbons (Fsp3) is 0.375. The van der Waals surface area contributed by atoms with Crippen LogP contribution in [0.2, 0.25) is 0 Å². The zero-order valence-corrected chi connectivity index (χ0v) is 7.42. The van der Waals surface area contributed by atoms with Crippen molar-refractivity contribution >= 4 is 5.97 Å². The van der Waals surface area contributed by atoms with E-state index in [2.05, 4.69) is 9.97 Å². The molecule has 0 aliphatic carbocycles. The highest BCUT2D eigenvalue weighted by Crippen LogP contribution is 1.97. The van der Waals surface area contributed by atoms with Gasteiger partial charge in [-0.3, -0.25) is 9.59 Å². The van der Waals surface area contributed by atoms with Crippen molar-refractivity contribution in [1.82, 2.24) is 9.97 Å². The maximum Gasteiger partial charge on any atom is 0.311 e. The van der Waals surface area contributed by atoms with Crippen LogP contribution in [-0.2, 0) is 11.2 Å². The molecule has 0 fully saturated rings. The van der Waals surface area contributed by atoms with Gasteiger partial charge in [0.2, 0.25) is 0 Å². The molecule has 5 nitrogen and oxygen atoms in total. The molecule has 0 amide bonds. The number of carboxylic acid groups (broad SMARTS) is 1. The van der Waals surface area contributed by atoms with Crippen molar-refractivity contribution < 1.29 is 9.90 Å². The molecule has 2 N–H and O–H groups in total. The van der Waals surface area contributed by atoms with Crippen molar-refractivity contribution in [2.75, 3.05) is 0 Å². The number of aromatic amines is 1. The second-order valence-corrected chi connectivity index (χ2v) is 2.79. The van der Waals surface area contributed by atoms with Gasteiger partial charge in [0, 0.05) is 11.3 Å². The van der Waals surface area contributed by atoms with Crippen LogP contribution >= 0.6 is 0 Å². The summed E-state index contributed by atoms with van der Waals surface area (Å²) in [6, 6.07) is 0. The topological polar surface area (TPSA) is 83.0 Å². The fourth-order valence-corrected chi connectivity index (χ4v) is 0.930. The lowest BCUT2D eigenvalue weighted by Crippen LogP contribution is -2.18. The lowest BCUT2D eigenvalue weighted by Gasteiger charge is -2.00. The van der Waals surface area contributed by atoms with Gasteiger partial charge in [0.25, 0.3) is 5.56 Å². The highest BCUT2D eigenvalue weighted by atomic mass is 16.4. The van der Waals surface area contributed by atoms with Crippen LogP contribution in [0.1, 0.15) is 17.1 Å². The molecule has 0 aromatic carbocycles. The van der Waals surface area contributed by atoms with E-state index in [4.69, 9.17) is 5.11 Å². The van der Waals surface area contributed by atoms with Gasteiger partial charge >= 0.3 is 5.97 Å². The van der Waals surface area contributed by atoms with Gasteiger partial charge in [0.15, 0.2) is 0 Å². The van der Waals surface area contributed by atoms with Crippen molar-refractivity contribution in [1.29, 1.82) is 0 Å². The summed E-state index contributed by atoms with van der Waals surface area (Å²) in [5, 5.41) is 8.46. The van der Waals surface area contributed by atoms with Crippen LogP contribution in [0, 0.1) is 13.8 Å². The van der Waals surface area contributed by atoms with Gasteiger partial charge in [-0.25, -0.2) is 4.98 Å². The third kappa shape index (κ3) is 2.14. The predicted octanol–water partition coefficient (Wildman–Crippen LogP) is 0.0138. The van der Waals surface area contributed by atoms with Crippen LogP contribution in [0.5, 0.6) is 0 Å². The summed E-state index contributed by atoms with van der Waals surface area (Å²) in [7, 11) is 0. The van der Waals surface area contributed by atoms with E-state index in [1.807, 2.05) is 0 Å². The number of H-pyrrole nitrogens is 1. The molecule has 0 aliphatic rings. The predicted molar refractivity (Wildman–Crippen MR) is 45.7 cm³/mol. The monoisotopic (exact) mass is 182 g/mol. The number of hydrogen-bond donors (Lipinski definition) is 2. The molecule has 1 rings (SSSR count). The van der Waals surface area contributed by atoms with E-state index in [1.54, 1.807) is 13.8 Å². The summed E-state index contributed by atoms with van der Waals surface area (Å²) >= 11 is 0. The van der Waals surface area contributed by atoms with Crippen LogP contribution in [0.4, 0.5) is 0 Å². The van der Waals surface area contributed by atoms with Crippen LogP contribution < -0.4 is 5.56 Å². The smallest absolute Gasteiger partial charge is 0.311 e. The normalized spacial score (nSPS) is 10.0. The number of aryl methyl sites for hydroxylation is 1. The number of aromatic nitrogens is 2. The van der Waals surface area contributed by atoms with E-state index in [0.29, 0.717) is 11.3 Å². The molecular formula is C8H10N2O3. The van der Waals surface area contributed by atoms with E-state index in [0.717, 1.165) is 0 Å². The van der Waals surface area contributed by atoms with Crippen LogP contribution in [0.3, 0.4) is 0 Å². The molecule has 0 unspecified atom stereocenters. The summed E-state index contributed by atoms with van der Waals surface area (Å²) in [4.78, 5) is 27.8. The third-order valence-corrected chi connectivity index (χ3v) is 1.76. The highest BCUT2D eigenvalue weighted by Gasteiger charge is 2.06. The Morgan fingerprint density at radius 3 is 2.62 bits per heavy atom. The molecule has 1 heterocycles. The zero-order valence-electron chi connectivity index (χ0n) is 7.42. The highest BCUT2D eigenvalue weighted by molar-refractivity contribution is 5.68. The van der Waals surface area contributed by atoms with E-state index in [1.165, 1.54) is 0 Å². The van der Waals surface area contributed by atoms with Crippen molar-refractivity contribution in [3.8, 4) is 0 Å². The number of rotatable bonds is 2. The van der Waals surface area contributed by atoms with Crippen molar-refractivity contribution in [2.24, 2.45) is 0 Å². The lowest BCUT2D eigenvalue weighted by molar-refractivity contribution is -0.136. The second kappa shape index (κ2) is 3.38. The first-order valence-corrected chi connectivity index (χ1v) is 3.79. The Balaban J connectivity index is 3.13. The maximum atomic E-state index is 11.2. The summed E-state index contributed by atoms with van der Waals surface area (Å²) < 4.78 is 0. The number of carbonyl (C=O) groups is 1. The van der Waals surface area contributed by atoms with Gasteiger partial charge in [0.1, 0.15) is 12.2 Å². The SMILES string of the molecule is Cc1nc(CC(=O)O)[nH]c(=O)c1C. The molecule has 1 aromatic heterocycles. The number of nitrogens with zero attached hydrogens (tertiary/aromatic N) is 1. The van der Waals surface area contributed by atoms with Crippen LogP contribution in [0.25, 0.3) is 0 Å². The minimum atomic E-state index is -1.01. The summed E-state index contributed by atoms with van der Waals surface area (Å²) in [5.41, 5.74) is 0.817. The number of hydrogen-bond acceptors (Lipinski definition) is 3. The Hall–Kier alpha value is -1.65. The molecule has 1 aromatic rings. The number of aliphatic carboxylic acids is 1. The van der Waals surface area contributed by atoms with Crippen molar-refractivity contribution in [2.45, 2.75) is 20.3 Å². The minimum Gasteiger partial charge on any atom is -0.481 e. The maximum absolute atomic E-state index is 11.2. The quantitative estimate of drug-likeness (QED) is 0.675. The first-order valence-electron chi connectivity index (χ1n) is 3.79. The average molecular weight is 182 g/mol. The number of nitrogens with one attached hydrogen (secondary N) is 1. The molecule has 5 heteroatoms. The van der Waals surface area contributed by atoms with E-state index in [9.17, 15) is 9.59 Å². The first-order chi connectivity index (χ1) is 6.00. The Labute approximate surface area is 74.4 Å². The van der Waals surface area contributed by atoms with Gasteiger partial charge in [-0.05, 0) is 13.8 Å². The van der Waals surface area contributed by atoms with E-state index >= 15 is 0 Å². The van der Waals surface area contributed by atoms with Crippen LogP contribution in [0.15, 0.2) is 4.79 Å². The third-order valence-electron chi connectivity index (χ3n) is 1.76. The van der Waals surface area contributed by atoms with E-state index < -0.39 is 5.97 Å². The lowest BCUT2D eigenvalue weighted by atomic mass is 10.2. The Morgan fingerprint density at radius 2 is 2.15 bits per heavy atom. The Morgan fingerprint density at radius 1 is 1.54 bits per heavy atom. The molecule has 0 saturated carbocycles. The summed E-state index contributed by atoms with van der Waals surface area (Å²) in [5.74, 6) is -0.813. The first kappa shape index (κ1) is 9.44. The largest absolute Gasteiger partial charge is 0.481 e. The molecule has 0 spiro atoms. The average Bonchev–Trinajstić information content (AvgIpc) is 1.98. The molecule has 70 valence electrons. The minimum absolute atomic E-state index is 0.195. The van der Waals surface area contributed by atoms with Crippen molar-refractivity contribution in [3.05, 3.63) is 27.4 Å². The number of carboxylic acids is 1. The zero-order chi connectivity index (χ0) is 10.0. The fourth-order valence-electron chi connectivity index (χ4n) is 0.930. The van der Waals surface area contributed by atoms with Gasteiger partial charge in [-0.2, -0.15) is 0 Å². The second-order valence-electron chi connectivity index (χ2n) is 2.79. The van der Waals surface area contributed by atoms with Crippen molar-refractivity contribution in [3.63, 3.8) is 0 Å². The van der Waals surface area contributed by atoms with Gasteiger partial charge in [-0.15, -0.1) is 0 Å². The van der Waals surface area contributed by atoms with E-state index in [-0.39, 0.29) is 17.8 Å².